The van der Waals surface area contributed by atoms with Crippen LogP contribution in [-0.4, -0.2) is 56.3 Å². The van der Waals surface area contributed by atoms with Crippen LogP contribution in [0.15, 0.2) is 40.3 Å². The fraction of sp³-hybridized carbons (Fsp3) is 0.321. The zero-order valence-corrected chi connectivity index (χ0v) is 23.2. The summed E-state index contributed by atoms with van der Waals surface area (Å²) in [6.07, 6.45) is 1.26. The van der Waals surface area contributed by atoms with E-state index in [2.05, 4.69) is 21.9 Å². The number of anilines is 1. The van der Waals surface area contributed by atoms with Gasteiger partial charge in [0, 0.05) is 53.7 Å². The van der Waals surface area contributed by atoms with Gasteiger partial charge in [0.1, 0.15) is 23.6 Å². The Morgan fingerprint density at radius 3 is 2.68 bits per heavy atom. The molecule has 0 bridgehead atoms. The van der Waals surface area contributed by atoms with Crippen molar-refractivity contribution in [1.82, 2.24) is 24.8 Å². The molecule has 1 amide bonds. The second kappa shape index (κ2) is 9.95. The van der Waals surface area contributed by atoms with E-state index in [4.69, 9.17) is 21.0 Å². The van der Waals surface area contributed by atoms with Crippen LogP contribution in [-0.2, 0) is 11.4 Å². The van der Waals surface area contributed by atoms with Gasteiger partial charge < -0.3 is 14.5 Å². The number of piperazine rings is 1. The first-order chi connectivity index (χ1) is 19.6. The number of rotatable bonds is 4. The predicted molar refractivity (Wildman–Crippen MR) is 148 cm³/mol. The maximum Gasteiger partial charge on any atom is 0.356 e. The van der Waals surface area contributed by atoms with Crippen LogP contribution in [0.3, 0.4) is 0 Å². The second-order valence-electron chi connectivity index (χ2n) is 10.4. The molecule has 2 aliphatic rings. The average Bonchev–Trinajstić information content (AvgIpc) is 3.44. The highest BCUT2D eigenvalue weighted by Gasteiger charge is 2.34. The van der Waals surface area contributed by atoms with Crippen molar-refractivity contribution in [3.63, 3.8) is 0 Å². The van der Waals surface area contributed by atoms with Gasteiger partial charge in [0.2, 0.25) is 11.7 Å². The standard InChI is InChI=1S/C28H25ClF2N6O4/c1-5-19(38)35-8-9-36(14(4)11-35)26-16-10-17(29)21-20-15(6-7-18(30)22(20)31)12-40-25(21)24(16)37(28(39)32-26)27-23(13(2)3)33-41-34-27/h5-7,10,13-14H,1,8-9,11-12H2,2-4H3/t14-/m0/s1. The Bertz CT molecular complexity index is 1800. The normalized spacial score (nSPS) is 16.5. The van der Waals surface area contributed by atoms with Gasteiger partial charge in [-0.1, -0.05) is 43.3 Å². The zero-order chi connectivity index (χ0) is 29.2. The fourth-order valence-corrected chi connectivity index (χ4v) is 5.83. The Balaban J connectivity index is 1.67. The molecule has 2 aromatic heterocycles. The monoisotopic (exact) mass is 582 g/mol. The average molecular weight is 583 g/mol. The molecule has 6 rings (SSSR count). The highest BCUT2D eigenvalue weighted by Crippen LogP contribution is 2.49. The number of benzene rings is 2. The van der Waals surface area contributed by atoms with Gasteiger partial charge in [-0.15, -0.1) is 0 Å². The van der Waals surface area contributed by atoms with Gasteiger partial charge in [0.15, 0.2) is 17.4 Å². The van der Waals surface area contributed by atoms with Crippen molar-refractivity contribution in [3.05, 3.63) is 69.3 Å². The molecule has 0 N–H and O–H groups in total. The molecule has 10 nitrogen and oxygen atoms in total. The summed E-state index contributed by atoms with van der Waals surface area (Å²) < 4.78 is 42.1. The number of halogens is 3. The van der Waals surface area contributed by atoms with E-state index >= 15 is 4.39 Å². The number of amides is 1. The summed E-state index contributed by atoms with van der Waals surface area (Å²) in [4.78, 5) is 34.1. The number of fused-ring (bicyclic) bond motifs is 5. The molecule has 212 valence electrons. The molecule has 0 radical (unpaired) electrons. The number of hydrogen-bond acceptors (Lipinski definition) is 8. The number of ether oxygens (including phenoxy) is 1. The van der Waals surface area contributed by atoms with Gasteiger partial charge in [-0.05, 0) is 30.3 Å². The Morgan fingerprint density at radius 1 is 1.20 bits per heavy atom. The minimum atomic E-state index is -1.07. The number of aromatic nitrogens is 4. The van der Waals surface area contributed by atoms with Crippen molar-refractivity contribution in [1.29, 1.82) is 0 Å². The Kier molecular flexibility index (Phi) is 6.52. The molecule has 13 heteroatoms. The SMILES string of the molecule is C=CC(=O)N1CCN(c2nc(=O)n(-c3nonc3C(C)C)c3c4c(c(Cl)cc23)-c2c(ccc(F)c2F)CO4)[C@@H](C)C1. The maximum atomic E-state index is 15.3. The quantitative estimate of drug-likeness (QED) is 0.321. The van der Waals surface area contributed by atoms with Crippen molar-refractivity contribution < 1.29 is 22.9 Å². The lowest BCUT2D eigenvalue weighted by molar-refractivity contribution is -0.126. The van der Waals surface area contributed by atoms with Crippen LogP contribution in [0.5, 0.6) is 5.75 Å². The van der Waals surface area contributed by atoms with E-state index in [9.17, 15) is 14.0 Å². The van der Waals surface area contributed by atoms with E-state index in [1.807, 2.05) is 25.7 Å². The summed E-state index contributed by atoms with van der Waals surface area (Å²) in [5.41, 5.74) is 0.375. The van der Waals surface area contributed by atoms with Crippen molar-refractivity contribution in [2.75, 3.05) is 24.5 Å². The van der Waals surface area contributed by atoms with E-state index in [-0.39, 0.29) is 57.7 Å². The number of carbonyl (C=O) groups is 1. The Hall–Kier alpha value is -4.32. The number of nitrogens with zero attached hydrogens (tertiary/aromatic N) is 6. The first kappa shape index (κ1) is 26.9. The minimum absolute atomic E-state index is 0.0391. The summed E-state index contributed by atoms with van der Waals surface area (Å²) in [5.74, 6) is -1.99. The first-order valence-electron chi connectivity index (χ1n) is 13.0. The van der Waals surface area contributed by atoms with Gasteiger partial charge in [-0.25, -0.2) is 22.8 Å². The molecule has 1 atom stereocenters. The van der Waals surface area contributed by atoms with E-state index in [0.29, 0.717) is 42.1 Å². The molecule has 0 saturated carbocycles. The van der Waals surface area contributed by atoms with Crippen molar-refractivity contribution in [3.8, 4) is 22.7 Å². The van der Waals surface area contributed by atoms with E-state index < -0.39 is 17.3 Å². The van der Waals surface area contributed by atoms with E-state index in [1.54, 1.807) is 11.0 Å². The van der Waals surface area contributed by atoms with Gasteiger partial charge in [-0.3, -0.25) is 4.79 Å². The van der Waals surface area contributed by atoms with Crippen LogP contribution >= 0.6 is 11.6 Å². The molecule has 2 aliphatic heterocycles. The molecule has 0 spiro atoms. The largest absolute Gasteiger partial charge is 0.486 e. The number of carbonyl (C=O) groups excluding carboxylic acids is 1. The van der Waals surface area contributed by atoms with Gasteiger partial charge in [-0.2, -0.15) is 4.98 Å². The molecule has 1 saturated heterocycles. The van der Waals surface area contributed by atoms with Gasteiger partial charge in [0.25, 0.3) is 0 Å². The summed E-state index contributed by atoms with van der Waals surface area (Å²) in [5, 5.41) is 8.49. The lowest BCUT2D eigenvalue weighted by Crippen LogP contribution is -2.54. The molecule has 0 aliphatic carbocycles. The highest BCUT2D eigenvalue weighted by molar-refractivity contribution is 6.35. The molecule has 4 aromatic rings. The third-order valence-corrected chi connectivity index (χ3v) is 7.81. The van der Waals surface area contributed by atoms with Gasteiger partial charge in [0.05, 0.1) is 5.02 Å². The maximum absolute atomic E-state index is 15.3. The van der Waals surface area contributed by atoms with Crippen LogP contribution < -0.4 is 15.3 Å². The summed E-state index contributed by atoms with van der Waals surface area (Å²) in [6, 6.07) is 3.80. The summed E-state index contributed by atoms with van der Waals surface area (Å²) in [7, 11) is 0. The van der Waals surface area contributed by atoms with Crippen molar-refractivity contribution in [2.45, 2.75) is 39.3 Å². The van der Waals surface area contributed by atoms with E-state index in [1.165, 1.54) is 16.7 Å². The third-order valence-electron chi connectivity index (χ3n) is 7.51. The van der Waals surface area contributed by atoms with E-state index in [0.717, 1.165) is 6.07 Å². The lowest BCUT2D eigenvalue weighted by Gasteiger charge is -2.40. The Morgan fingerprint density at radius 2 is 1.98 bits per heavy atom. The van der Waals surface area contributed by atoms with Crippen LogP contribution in [0, 0.1) is 11.6 Å². The molecule has 2 aromatic carbocycles. The van der Waals surface area contributed by atoms with Gasteiger partial charge >= 0.3 is 5.69 Å². The highest BCUT2D eigenvalue weighted by atomic mass is 35.5. The minimum Gasteiger partial charge on any atom is -0.486 e. The first-order valence-corrected chi connectivity index (χ1v) is 13.4. The molecule has 41 heavy (non-hydrogen) atoms. The molecule has 0 unspecified atom stereocenters. The third kappa shape index (κ3) is 4.16. The number of hydrogen-bond donors (Lipinski definition) is 0. The fourth-order valence-electron chi connectivity index (χ4n) is 5.54. The smallest absolute Gasteiger partial charge is 0.356 e. The predicted octanol–water partition coefficient (Wildman–Crippen LogP) is 4.61. The molecule has 1 fully saturated rings. The molecular weight excluding hydrogens is 558 g/mol. The van der Waals surface area contributed by atoms with Crippen LogP contribution in [0.4, 0.5) is 14.6 Å². The topological polar surface area (TPSA) is 107 Å². The molecule has 4 heterocycles. The summed E-state index contributed by atoms with van der Waals surface area (Å²) in [6.45, 7) is 10.2. The van der Waals surface area contributed by atoms with Crippen LogP contribution in [0.1, 0.15) is 37.9 Å². The van der Waals surface area contributed by atoms with Crippen LogP contribution in [0.25, 0.3) is 27.8 Å². The lowest BCUT2D eigenvalue weighted by atomic mass is 9.94. The second-order valence-corrected chi connectivity index (χ2v) is 10.8. The van der Waals surface area contributed by atoms with Crippen LogP contribution in [0.2, 0.25) is 5.02 Å². The molecular formula is C28H25ClF2N6O4. The summed E-state index contributed by atoms with van der Waals surface area (Å²) >= 11 is 6.79. The Labute approximate surface area is 237 Å². The van der Waals surface area contributed by atoms with Crippen molar-refractivity contribution >= 4 is 34.2 Å². The van der Waals surface area contributed by atoms with Crippen molar-refractivity contribution in [2.24, 2.45) is 0 Å². The zero-order valence-electron chi connectivity index (χ0n) is 22.4.